The van der Waals surface area contributed by atoms with Crippen LogP contribution < -0.4 is 10.5 Å². The summed E-state index contributed by atoms with van der Waals surface area (Å²) in [6.07, 6.45) is 0.975. The fourth-order valence-electron chi connectivity index (χ4n) is 3.27. The zero-order valence-electron chi connectivity index (χ0n) is 15.4. The van der Waals surface area contributed by atoms with Crippen LogP contribution >= 0.6 is 0 Å². The average Bonchev–Trinajstić information content (AvgIpc) is 2.89. The van der Waals surface area contributed by atoms with Gasteiger partial charge in [0.2, 0.25) is 0 Å². The van der Waals surface area contributed by atoms with Crippen molar-refractivity contribution in [3.8, 4) is 16.9 Å². The standard InChI is InChI=1S/C20H22F3N3O2/c1-26-11-9-19(24,18(26)27)8-3-5-16-12-15(7-10-25-16)14-4-2-6-17(13-14)28-20(21,22)23/h2-7,10,12-13,18,27H,8-9,11,24H2,1H3/b5-3-. The maximum Gasteiger partial charge on any atom is 0.573 e. The highest BCUT2D eigenvalue weighted by Gasteiger charge is 2.40. The van der Waals surface area contributed by atoms with Crippen LogP contribution in [0.15, 0.2) is 48.7 Å². The first-order valence-corrected chi connectivity index (χ1v) is 8.82. The lowest BCUT2D eigenvalue weighted by molar-refractivity contribution is -0.274. The number of alkyl halides is 3. The quantitative estimate of drug-likeness (QED) is 0.815. The summed E-state index contributed by atoms with van der Waals surface area (Å²) in [7, 11) is 1.82. The number of hydrogen-bond acceptors (Lipinski definition) is 5. The van der Waals surface area contributed by atoms with Crippen LogP contribution in [-0.4, -0.2) is 46.7 Å². The maximum absolute atomic E-state index is 12.4. The number of aliphatic hydroxyl groups excluding tert-OH is 1. The zero-order valence-corrected chi connectivity index (χ0v) is 15.4. The van der Waals surface area contributed by atoms with E-state index >= 15 is 0 Å². The van der Waals surface area contributed by atoms with Crippen molar-refractivity contribution >= 4 is 6.08 Å². The number of halogens is 3. The number of aromatic nitrogens is 1. The van der Waals surface area contributed by atoms with Gasteiger partial charge in [-0.25, -0.2) is 0 Å². The van der Waals surface area contributed by atoms with Gasteiger partial charge in [0.1, 0.15) is 12.0 Å². The molecule has 0 saturated carbocycles. The molecule has 150 valence electrons. The molecule has 3 N–H and O–H groups in total. The van der Waals surface area contributed by atoms with E-state index in [0.29, 0.717) is 29.7 Å². The SMILES string of the molecule is CN1CCC(N)(C/C=C\c2cc(-c3cccc(OC(F)(F)F)c3)ccn2)C1O. The number of hydrogen-bond donors (Lipinski definition) is 2. The molecule has 1 aliphatic heterocycles. The number of pyridine rings is 1. The van der Waals surface area contributed by atoms with Crippen molar-refractivity contribution in [2.75, 3.05) is 13.6 Å². The van der Waals surface area contributed by atoms with Crippen LogP contribution in [0.25, 0.3) is 17.2 Å². The molecule has 0 aliphatic carbocycles. The lowest BCUT2D eigenvalue weighted by Gasteiger charge is -2.28. The molecule has 2 unspecified atom stereocenters. The highest BCUT2D eigenvalue weighted by atomic mass is 19.4. The predicted molar refractivity (Wildman–Crippen MR) is 100 cm³/mol. The highest BCUT2D eigenvalue weighted by Crippen LogP contribution is 2.29. The first-order chi connectivity index (χ1) is 13.2. The summed E-state index contributed by atoms with van der Waals surface area (Å²) in [5, 5.41) is 10.2. The van der Waals surface area contributed by atoms with Crippen LogP contribution in [0.4, 0.5) is 13.2 Å². The number of likely N-dealkylation sites (tertiary alicyclic amines) is 1. The Balaban J connectivity index is 1.73. The first kappa shape index (κ1) is 20.3. The van der Waals surface area contributed by atoms with Gasteiger partial charge < -0.3 is 15.6 Å². The van der Waals surface area contributed by atoms with Crippen molar-refractivity contribution in [1.82, 2.24) is 9.88 Å². The number of nitrogens with zero attached hydrogens (tertiary/aromatic N) is 2. The third kappa shape index (κ3) is 4.89. The number of rotatable bonds is 5. The van der Waals surface area contributed by atoms with E-state index in [1.165, 1.54) is 18.2 Å². The zero-order chi connectivity index (χ0) is 20.4. The van der Waals surface area contributed by atoms with Crippen LogP contribution in [0.1, 0.15) is 18.5 Å². The minimum atomic E-state index is -4.73. The lowest BCUT2D eigenvalue weighted by Crippen LogP contribution is -2.50. The summed E-state index contributed by atoms with van der Waals surface area (Å²) in [5.74, 6) is -0.275. The minimum Gasteiger partial charge on any atom is -0.406 e. The smallest absolute Gasteiger partial charge is 0.406 e. The predicted octanol–water partition coefficient (Wildman–Crippen LogP) is 3.40. The number of likely N-dealkylation sites (N-methyl/N-ethyl adjacent to an activating group) is 1. The van der Waals surface area contributed by atoms with E-state index in [9.17, 15) is 18.3 Å². The fraction of sp³-hybridized carbons (Fsp3) is 0.350. The molecule has 3 rings (SSSR count). The second kappa shape index (κ2) is 7.90. The van der Waals surface area contributed by atoms with Gasteiger partial charge in [-0.2, -0.15) is 0 Å². The van der Waals surface area contributed by atoms with Gasteiger partial charge >= 0.3 is 6.36 Å². The Bertz CT molecular complexity index is 857. The summed E-state index contributed by atoms with van der Waals surface area (Å²) >= 11 is 0. The largest absolute Gasteiger partial charge is 0.573 e. The molecule has 1 aliphatic rings. The number of aliphatic hydroxyl groups is 1. The van der Waals surface area contributed by atoms with E-state index in [1.807, 2.05) is 18.0 Å². The van der Waals surface area contributed by atoms with Crippen molar-refractivity contribution < 1.29 is 23.0 Å². The van der Waals surface area contributed by atoms with Crippen molar-refractivity contribution in [3.63, 3.8) is 0 Å². The molecule has 1 fully saturated rings. The van der Waals surface area contributed by atoms with Crippen LogP contribution in [0.5, 0.6) is 5.75 Å². The third-order valence-corrected chi connectivity index (χ3v) is 4.83. The van der Waals surface area contributed by atoms with Gasteiger partial charge in [-0.1, -0.05) is 18.2 Å². The Morgan fingerprint density at radius 2 is 2.07 bits per heavy atom. The summed E-state index contributed by atoms with van der Waals surface area (Å²) < 4.78 is 41.2. The second-order valence-electron chi connectivity index (χ2n) is 6.99. The van der Waals surface area contributed by atoms with Gasteiger partial charge in [-0.15, -0.1) is 13.2 Å². The van der Waals surface area contributed by atoms with E-state index in [-0.39, 0.29) is 5.75 Å². The summed E-state index contributed by atoms with van der Waals surface area (Å²) in [6.45, 7) is 0.732. The maximum atomic E-state index is 12.4. The molecule has 28 heavy (non-hydrogen) atoms. The van der Waals surface area contributed by atoms with Gasteiger partial charge in [-0.05, 0) is 61.4 Å². The van der Waals surface area contributed by atoms with Crippen molar-refractivity contribution in [3.05, 3.63) is 54.4 Å². The molecular formula is C20H22F3N3O2. The summed E-state index contributed by atoms with van der Waals surface area (Å²) in [4.78, 5) is 6.06. The molecule has 2 aromatic rings. The van der Waals surface area contributed by atoms with Crippen LogP contribution in [-0.2, 0) is 0 Å². The molecule has 8 heteroatoms. The van der Waals surface area contributed by atoms with Gasteiger partial charge in [0.15, 0.2) is 0 Å². The molecule has 0 radical (unpaired) electrons. The molecule has 2 atom stereocenters. The van der Waals surface area contributed by atoms with Crippen LogP contribution in [0, 0.1) is 0 Å². The van der Waals surface area contributed by atoms with Crippen LogP contribution in [0.2, 0.25) is 0 Å². The average molecular weight is 393 g/mol. The topological polar surface area (TPSA) is 71.6 Å². The number of benzene rings is 1. The Labute approximate surface area is 161 Å². The molecule has 1 saturated heterocycles. The molecule has 5 nitrogen and oxygen atoms in total. The Kier molecular flexibility index (Phi) is 5.74. The van der Waals surface area contributed by atoms with Crippen molar-refractivity contribution in [2.24, 2.45) is 5.73 Å². The molecule has 2 heterocycles. The second-order valence-corrected chi connectivity index (χ2v) is 6.99. The molecule has 0 bridgehead atoms. The Morgan fingerprint density at radius 1 is 1.32 bits per heavy atom. The molecule has 1 aromatic carbocycles. The van der Waals surface area contributed by atoms with E-state index in [0.717, 1.165) is 6.54 Å². The van der Waals surface area contributed by atoms with Crippen molar-refractivity contribution in [2.45, 2.75) is 31.0 Å². The summed E-state index contributed by atoms with van der Waals surface area (Å²) in [6, 6.07) is 9.27. The van der Waals surface area contributed by atoms with E-state index in [4.69, 9.17) is 5.73 Å². The monoisotopic (exact) mass is 393 g/mol. The molecule has 0 amide bonds. The van der Waals surface area contributed by atoms with E-state index < -0.39 is 18.1 Å². The van der Waals surface area contributed by atoms with Crippen molar-refractivity contribution in [1.29, 1.82) is 0 Å². The first-order valence-electron chi connectivity index (χ1n) is 8.82. The third-order valence-electron chi connectivity index (χ3n) is 4.83. The van der Waals surface area contributed by atoms with Gasteiger partial charge in [0, 0.05) is 12.7 Å². The van der Waals surface area contributed by atoms with Gasteiger partial charge in [-0.3, -0.25) is 9.88 Å². The van der Waals surface area contributed by atoms with Gasteiger partial charge in [0.25, 0.3) is 0 Å². The molecule has 1 aromatic heterocycles. The number of nitrogens with two attached hydrogens (primary N) is 1. The number of ether oxygens (including phenoxy) is 1. The molecular weight excluding hydrogens is 371 g/mol. The Hall–Kier alpha value is -2.42. The van der Waals surface area contributed by atoms with Gasteiger partial charge in [0.05, 0.1) is 11.2 Å². The van der Waals surface area contributed by atoms with E-state index in [2.05, 4.69) is 9.72 Å². The van der Waals surface area contributed by atoms with E-state index in [1.54, 1.807) is 30.5 Å². The lowest BCUT2D eigenvalue weighted by atomic mass is 9.93. The molecule has 0 spiro atoms. The normalized spacial score (nSPS) is 23.4. The Morgan fingerprint density at radius 3 is 2.75 bits per heavy atom. The highest BCUT2D eigenvalue weighted by molar-refractivity contribution is 5.67. The minimum absolute atomic E-state index is 0.275. The summed E-state index contributed by atoms with van der Waals surface area (Å²) in [5.41, 5.74) is 7.51. The van der Waals surface area contributed by atoms with Crippen LogP contribution in [0.3, 0.4) is 0 Å². The fourth-order valence-corrected chi connectivity index (χ4v) is 3.27.